The molecule has 0 atom stereocenters. The van der Waals surface area contributed by atoms with E-state index in [-0.39, 0.29) is 16.2 Å². The number of hydrogen-bond donors (Lipinski definition) is 1. The van der Waals surface area contributed by atoms with Gasteiger partial charge in [-0.05, 0) is 49.2 Å². The Morgan fingerprint density at radius 1 is 1.10 bits per heavy atom. The third-order valence-electron chi connectivity index (χ3n) is 2.68. The summed E-state index contributed by atoms with van der Waals surface area (Å²) in [6.07, 6.45) is 0. The van der Waals surface area contributed by atoms with Gasteiger partial charge in [0.15, 0.2) is 5.15 Å². The number of aryl methyl sites for hydroxylation is 2. The maximum Gasteiger partial charge on any atom is 0.255 e. The smallest absolute Gasteiger partial charge is 0.255 e. The topological polar surface area (TPSA) is 42.0 Å². The molecule has 0 saturated carbocycles. The fraction of sp³-hybridized carbons (Fsp3) is 0.143. The van der Waals surface area contributed by atoms with Crippen molar-refractivity contribution in [3.05, 3.63) is 56.3 Å². The van der Waals surface area contributed by atoms with E-state index in [0.717, 1.165) is 11.1 Å². The van der Waals surface area contributed by atoms with Crippen molar-refractivity contribution in [3.63, 3.8) is 0 Å². The summed E-state index contributed by atoms with van der Waals surface area (Å²) in [6.45, 7) is 3.66. The molecule has 20 heavy (non-hydrogen) atoms. The highest BCUT2D eigenvalue weighted by molar-refractivity contribution is 6.35. The van der Waals surface area contributed by atoms with Crippen molar-refractivity contribution in [2.24, 2.45) is 0 Å². The lowest BCUT2D eigenvalue weighted by atomic mass is 10.1. The number of anilines is 1. The van der Waals surface area contributed by atoms with E-state index in [0.29, 0.717) is 16.3 Å². The molecule has 0 fully saturated rings. The number of hydrogen-bond acceptors (Lipinski definition) is 2. The van der Waals surface area contributed by atoms with Crippen molar-refractivity contribution in [2.45, 2.75) is 13.8 Å². The first-order valence-corrected chi connectivity index (χ1v) is 6.91. The highest BCUT2D eigenvalue weighted by Crippen LogP contribution is 2.27. The molecule has 0 aliphatic rings. The van der Waals surface area contributed by atoms with Crippen molar-refractivity contribution in [3.8, 4) is 0 Å². The van der Waals surface area contributed by atoms with Crippen LogP contribution in [0.4, 0.5) is 5.69 Å². The zero-order valence-electron chi connectivity index (χ0n) is 10.8. The van der Waals surface area contributed by atoms with Crippen LogP contribution in [-0.2, 0) is 0 Å². The molecule has 1 N–H and O–H groups in total. The highest BCUT2D eigenvalue weighted by atomic mass is 35.5. The van der Waals surface area contributed by atoms with E-state index in [2.05, 4.69) is 10.3 Å². The second-order valence-corrected chi connectivity index (χ2v) is 5.58. The summed E-state index contributed by atoms with van der Waals surface area (Å²) in [6, 6.07) is 6.75. The molecule has 2 aromatic rings. The van der Waals surface area contributed by atoms with Gasteiger partial charge in [0.25, 0.3) is 5.91 Å². The SMILES string of the molecule is Cc1cc(Cl)cc(C(=O)Nc2c(C)cc(Cl)nc2Cl)c1. The molecule has 0 spiro atoms. The van der Waals surface area contributed by atoms with Crippen LogP contribution in [-0.4, -0.2) is 10.9 Å². The van der Waals surface area contributed by atoms with Gasteiger partial charge in [-0.1, -0.05) is 34.8 Å². The van der Waals surface area contributed by atoms with E-state index in [1.54, 1.807) is 31.2 Å². The Bertz CT molecular complexity index is 643. The Morgan fingerprint density at radius 3 is 2.40 bits per heavy atom. The molecule has 0 radical (unpaired) electrons. The summed E-state index contributed by atoms with van der Waals surface area (Å²) >= 11 is 17.7. The first-order chi connectivity index (χ1) is 9.36. The standard InChI is InChI=1S/C14H11Cl3N2O/c1-7-3-9(6-10(15)4-7)14(20)19-12-8(2)5-11(16)18-13(12)17/h3-6H,1-2H3,(H,19,20). The van der Waals surface area contributed by atoms with E-state index in [1.165, 1.54) is 0 Å². The lowest BCUT2D eigenvalue weighted by Gasteiger charge is -2.11. The molecule has 0 aliphatic heterocycles. The molecule has 3 nitrogen and oxygen atoms in total. The minimum atomic E-state index is -0.301. The minimum Gasteiger partial charge on any atom is -0.319 e. The Balaban J connectivity index is 2.32. The number of benzene rings is 1. The van der Waals surface area contributed by atoms with Crippen LogP contribution in [0, 0.1) is 13.8 Å². The lowest BCUT2D eigenvalue weighted by Crippen LogP contribution is -2.14. The van der Waals surface area contributed by atoms with Gasteiger partial charge in [0.1, 0.15) is 5.15 Å². The third-order valence-corrected chi connectivity index (χ3v) is 3.37. The van der Waals surface area contributed by atoms with Crippen LogP contribution in [0.2, 0.25) is 15.3 Å². The van der Waals surface area contributed by atoms with Gasteiger partial charge in [0.05, 0.1) is 5.69 Å². The van der Waals surface area contributed by atoms with Crippen LogP contribution >= 0.6 is 34.8 Å². The van der Waals surface area contributed by atoms with Crippen LogP contribution in [0.25, 0.3) is 0 Å². The van der Waals surface area contributed by atoms with Crippen LogP contribution in [0.5, 0.6) is 0 Å². The van der Waals surface area contributed by atoms with Gasteiger partial charge in [0.2, 0.25) is 0 Å². The highest BCUT2D eigenvalue weighted by Gasteiger charge is 2.13. The molecule has 0 aliphatic carbocycles. The predicted molar refractivity (Wildman–Crippen MR) is 83.1 cm³/mol. The zero-order valence-corrected chi connectivity index (χ0v) is 13.1. The van der Waals surface area contributed by atoms with Crippen LogP contribution < -0.4 is 5.32 Å². The second kappa shape index (κ2) is 6.00. The Morgan fingerprint density at radius 2 is 1.80 bits per heavy atom. The summed E-state index contributed by atoms with van der Waals surface area (Å²) < 4.78 is 0. The molecule has 0 unspecified atom stereocenters. The van der Waals surface area contributed by atoms with Crippen molar-refractivity contribution in [2.75, 3.05) is 5.32 Å². The second-order valence-electron chi connectivity index (χ2n) is 4.40. The molecule has 6 heteroatoms. The van der Waals surface area contributed by atoms with E-state index in [9.17, 15) is 4.79 Å². The summed E-state index contributed by atoms with van der Waals surface area (Å²) in [5, 5.41) is 3.67. The molecule has 1 aromatic carbocycles. The van der Waals surface area contributed by atoms with Gasteiger partial charge >= 0.3 is 0 Å². The number of amides is 1. The molecule has 1 aromatic heterocycles. The Kier molecular flexibility index (Phi) is 4.53. The Labute approximate surface area is 131 Å². The molecular formula is C14H11Cl3N2O. The van der Waals surface area contributed by atoms with Crippen LogP contribution in [0.3, 0.4) is 0 Å². The van der Waals surface area contributed by atoms with E-state index < -0.39 is 0 Å². The zero-order chi connectivity index (χ0) is 14.9. The number of carbonyl (C=O) groups is 1. The Hall–Kier alpha value is -1.29. The average Bonchev–Trinajstić information content (AvgIpc) is 2.32. The van der Waals surface area contributed by atoms with Crippen LogP contribution in [0.15, 0.2) is 24.3 Å². The molecule has 0 bridgehead atoms. The van der Waals surface area contributed by atoms with Gasteiger partial charge < -0.3 is 5.32 Å². The van der Waals surface area contributed by atoms with Gasteiger partial charge in [-0.15, -0.1) is 0 Å². The third kappa shape index (κ3) is 3.42. The largest absolute Gasteiger partial charge is 0.319 e. The number of nitrogens with one attached hydrogen (secondary N) is 1. The van der Waals surface area contributed by atoms with Gasteiger partial charge in [-0.25, -0.2) is 4.98 Å². The fourth-order valence-electron chi connectivity index (χ4n) is 1.80. The average molecular weight is 330 g/mol. The number of nitrogens with zero attached hydrogens (tertiary/aromatic N) is 1. The molecule has 0 saturated heterocycles. The number of aromatic nitrogens is 1. The monoisotopic (exact) mass is 328 g/mol. The van der Waals surface area contributed by atoms with Crippen molar-refractivity contribution in [1.82, 2.24) is 4.98 Å². The molecule has 104 valence electrons. The number of rotatable bonds is 2. The van der Waals surface area contributed by atoms with E-state index >= 15 is 0 Å². The maximum atomic E-state index is 12.2. The lowest BCUT2D eigenvalue weighted by molar-refractivity contribution is 0.102. The fourth-order valence-corrected chi connectivity index (χ4v) is 2.67. The number of halogens is 3. The molecular weight excluding hydrogens is 319 g/mol. The number of pyridine rings is 1. The maximum absolute atomic E-state index is 12.2. The number of carbonyl (C=O) groups excluding carboxylic acids is 1. The van der Waals surface area contributed by atoms with Crippen molar-refractivity contribution < 1.29 is 4.79 Å². The normalized spacial score (nSPS) is 10.4. The summed E-state index contributed by atoms with van der Waals surface area (Å²) in [5.41, 5.74) is 2.54. The molecule has 1 heterocycles. The molecule has 1 amide bonds. The minimum absolute atomic E-state index is 0.155. The van der Waals surface area contributed by atoms with Crippen molar-refractivity contribution >= 4 is 46.4 Å². The van der Waals surface area contributed by atoms with Gasteiger partial charge in [-0.3, -0.25) is 4.79 Å². The quantitative estimate of drug-likeness (QED) is 0.795. The van der Waals surface area contributed by atoms with E-state index in [4.69, 9.17) is 34.8 Å². The van der Waals surface area contributed by atoms with Crippen molar-refractivity contribution in [1.29, 1.82) is 0 Å². The predicted octanol–water partition coefficient (Wildman–Crippen LogP) is 4.91. The van der Waals surface area contributed by atoms with Gasteiger partial charge in [0, 0.05) is 10.6 Å². The van der Waals surface area contributed by atoms with Crippen LogP contribution in [0.1, 0.15) is 21.5 Å². The summed E-state index contributed by atoms with van der Waals surface area (Å²) in [5.74, 6) is -0.301. The summed E-state index contributed by atoms with van der Waals surface area (Å²) in [7, 11) is 0. The first-order valence-electron chi connectivity index (χ1n) is 5.78. The van der Waals surface area contributed by atoms with Gasteiger partial charge in [-0.2, -0.15) is 0 Å². The molecule has 2 rings (SSSR count). The first kappa shape index (κ1) is 15.1. The van der Waals surface area contributed by atoms with E-state index in [1.807, 2.05) is 6.92 Å². The summed E-state index contributed by atoms with van der Waals surface area (Å²) in [4.78, 5) is 16.1.